The molecule has 3 aromatic rings. The van der Waals surface area contributed by atoms with Gasteiger partial charge in [0.25, 0.3) is 0 Å². The van der Waals surface area contributed by atoms with Gasteiger partial charge in [-0.3, -0.25) is 0 Å². The van der Waals surface area contributed by atoms with Gasteiger partial charge < -0.3 is 25.5 Å². The number of hydrogen-bond donors (Lipinski definition) is 3. The standard InChI is InChI=1S/C23H25N5O3/c1-28-17(9-23(24)11-25-12-23)18(22(29)30)16-7-6-14-10-26-21(27-19(14)20(16)28)13-4-3-5-15(8-13)31-2/h3-5,8,10,25H,6-7,9,11-12,24H2,1-2H3,(H,29,30). The molecule has 1 saturated heterocycles. The molecule has 0 atom stereocenters. The van der Waals surface area contributed by atoms with Gasteiger partial charge in [-0.15, -0.1) is 0 Å². The fraction of sp³-hybridized carbons (Fsp3) is 0.348. The number of ether oxygens (including phenoxy) is 1. The fourth-order valence-electron chi connectivity index (χ4n) is 4.66. The van der Waals surface area contributed by atoms with Crippen molar-refractivity contribution in [1.29, 1.82) is 0 Å². The van der Waals surface area contributed by atoms with Gasteiger partial charge in [0, 0.05) is 49.6 Å². The minimum absolute atomic E-state index is 0.376. The van der Waals surface area contributed by atoms with Crippen LogP contribution in [0.5, 0.6) is 5.75 Å². The molecular formula is C23H25N5O3. The zero-order valence-electron chi connectivity index (χ0n) is 17.6. The quantitative estimate of drug-likeness (QED) is 0.578. The number of carboxylic acids is 1. The van der Waals surface area contributed by atoms with Crippen LogP contribution < -0.4 is 15.8 Å². The van der Waals surface area contributed by atoms with Crippen molar-refractivity contribution >= 4 is 5.97 Å². The van der Waals surface area contributed by atoms with Gasteiger partial charge in [0.05, 0.1) is 24.1 Å². The van der Waals surface area contributed by atoms with Gasteiger partial charge >= 0.3 is 5.97 Å². The summed E-state index contributed by atoms with van der Waals surface area (Å²) in [5.74, 6) is 0.410. The number of benzene rings is 1. The number of carboxylic acid groups (broad SMARTS) is 1. The average Bonchev–Trinajstić information content (AvgIpc) is 3.04. The van der Waals surface area contributed by atoms with Crippen LogP contribution in [0.1, 0.15) is 27.2 Å². The minimum Gasteiger partial charge on any atom is -0.497 e. The predicted molar refractivity (Wildman–Crippen MR) is 116 cm³/mol. The largest absolute Gasteiger partial charge is 0.497 e. The van der Waals surface area contributed by atoms with Crippen LogP contribution in [0.2, 0.25) is 0 Å². The van der Waals surface area contributed by atoms with Gasteiger partial charge in [-0.25, -0.2) is 14.8 Å². The lowest BCUT2D eigenvalue weighted by molar-refractivity contribution is 0.0693. The maximum absolute atomic E-state index is 12.3. The molecule has 0 spiro atoms. The summed E-state index contributed by atoms with van der Waals surface area (Å²) in [4.78, 5) is 21.7. The number of aromatic nitrogens is 3. The van der Waals surface area contributed by atoms with Crippen LogP contribution >= 0.6 is 0 Å². The highest BCUT2D eigenvalue weighted by molar-refractivity contribution is 5.94. The van der Waals surface area contributed by atoms with Crippen molar-refractivity contribution in [3.63, 3.8) is 0 Å². The van der Waals surface area contributed by atoms with Crippen LogP contribution in [0, 0.1) is 0 Å². The van der Waals surface area contributed by atoms with E-state index in [1.54, 1.807) is 7.11 Å². The third kappa shape index (κ3) is 3.19. The number of methoxy groups -OCH3 is 1. The second-order valence-corrected chi connectivity index (χ2v) is 8.46. The molecule has 1 aliphatic heterocycles. The molecule has 0 unspecified atom stereocenters. The maximum atomic E-state index is 12.3. The van der Waals surface area contributed by atoms with Gasteiger partial charge in [0.15, 0.2) is 5.82 Å². The van der Waals surface area contributed by atoms with E-state index in [1.165, 1.54) is 0 Å². The van der Waals surface area contributed by atoms with Gasteiger partial charge in [0.2, 0.25) is 0 Å². The van der Waals surface area contributed by atoms with Crippen molar-refractivity contribution < 1.29 is 14.6 Å². The molecule has 4 N–H and O–H groups in total. The van der Waals surface area contributed by atoms with Crippen LogP contribution in [0.3, 0.4) is 0 Å². The number of aryl methyl sites for hydroxylation is 1. The van der Waals surface area contributed by atoms with Crippen LogP contribution in [-0.2, 0) is 26.3 Å². The number of hydrogen-bond acceptors (Lipinski definition) is 6. The first-order valence-corrected chi connectivity index (χ1v) is 10.3. The predicted octanol–water partition coefficient (Wildman–Crippen LogP) is 1.80. The number of nitrogens with one attached hydrogen (secondary N) is 1. The summed E-state index contributed by atoms with van der Waals surface area (Å²) in [5.41, 5.74) is 11.5. The minimum atomic E-state index is -0.909. The molecule has 2 aliphatic rings. The van der Waals surface area contributed by atoms with E-state index < -0.39 is 11.5 Å². The van der Waals surface area contributed by atoms with E-state index in [1.807, 2.05) is 42.1 Å². The number of rotatable bonds is 5. The van der Waals surface area contributed by atoms with E-state index in [0.29, 0.717) is 43.7 Å². The summed E-state index contributed by atoms with van der Waals surface area (Å²) >= 11 is 0. The molecule has 5 rings (SSSR count). The number of carbonyl (C=O) groups is 1. The number of nitrogens with two attached hydrogens (primary N) is 1. The summed E-state index contributed by atoms with van der Waals surface area (Å²) < 4.78 is 7.31. The Labute approximate surface area is 180 Å². The van der Waals surface area contributed by atoms with Gasteiger partial charge in [0.1, 0.15) is 5.75 Å². The molecule has 0 radical (unpaired) electrons. The number of aromatic carboxylic acids is 1. The van der Waals surface area contributed by atoms with E-state index in [4.69, 9.17) is 15.5 Å². The Morgan fingerprint density at radius 2 is 2.16 bits per heavy atom. The van der Waals surface area contributed by atoms with Gasteiger partial charge in [-0.05, 0) is 36.1 Å². The monoisotopic (exact) mass is 419 g/mol. The van der Waals surface area contributed by atoms with E-state index in [2.05, 4.69) is 10.3 Å². The number of fused-ring (bicyclic) bond motifs is 3. The Bertz CT molecular complexity index is 1200. The van der Waals surface area contributed by atoms with Crippen LogP contribution in [0.4, 0.5) is 0 Å². The normalized spacial score (nSPS) is 16.2. The molecule has 8 heteroatoms. The Kier molecular flexibility index (Phi) is 4.56. The van der Waals surface area contributed by atoms with Crippen molar-refractivity contribution in [1.82, 2.24) is 19.9 Å². The Balaban J connectivity index is 1.66. The topological polar surface area (TPSA) is 115 Å². The molecule has 1 aromatic carbocycles. The maximum Gasteiger partial charge on any atom is 0.337 e. The zero-order valence-corrected chi connectivity index (χ0v) is 17.6. The third-order valence-corrected chi connectivity index (χ3v) is 6.37. The van der Waals surface area contributed by atoms with Crippen molar-refractivity contribution in [2.24, 2.45) is 12.8 Å². The summed E-state index contributed by atoms with van der Waals surface area (Å²) in [6.45, 7) is 1.36. The molecule has 0 saturated carbocycles. The van der Waals surface area contributed by atoms with Crippen LogP contribution in [-0.4, -0.2) is 51.3 Å². The molecule has 1 aliphatic carbocycles. The molecule has 3 heterocycles. The van der Waals surface area contributed by atoms with Crippen LogP contribution in [0.25, 0.3) is 22.8 Å². The zero-order chi connectivity index (χ0) is 21.8. The lowest BCUT2D eigenvalue weighted by atomic mass is 9.86. The van der Waals surface area contributed by atoms with Crippen molar-refractivity contribution in [3.8, 4) is 28.5 Å². The average molecular weight is 419 g/mol. The SMILES string of the molecule is COc1cccc(-c2ncc3c(n2)-c2c(c(C(=O)O)c(CC4(N)CNC4)n2C)CC3)c1. The van der Waals surface area contributed by atoms with Crippen molar-refractivity contribution in [3.05, 3.63) is 52.8 Å². The Hall–Kier alpha value is -3.23. The van der Waals surface area contributed by atoms with Gasteiger partial charge in [-0.2, -0.15) is 0 Å². The first-order valence-electron chi connectivity index (χ1n) is 10.3. The highest BCUT2D eigenvalue weighted by Crippen LogP contribution is 2.39. The molecule has 0 amide bonds. The van der Waals surface area contributed by atoms with Gasteiger partial charge in [-0.1, -0.05) is 12.1 Å². The first-order chi connectivity index (χ1) is 14.9. The van der Waals surface area contributed by atoms with E-state index in [9.17, 15) is 9.90 Å². The molecule has 8 nitrogen and oxygen atoms in total. The molecular weight excluding hydrogens is 394 g/mol. The lowest BCUT2D eigenvalue weighted by Gasteiger charge is -2.39. The molecule has 0 bridgehead atoms. The fourth-order valence-corrected chi connectivity index (χ4v) is 4.66. The second kappa shape index (κ2) is 7.18. The lowest BCUT2D eigenvalue weighted by Crippen LogP contribution is -2.67. The smallest absolute Gasteiger partial charge is 0.337 e. The Morgan fingerprint density at radius 1 is 1.35 bits per heavy atom. The first kappa shape index (κ1) is 19.7. The number of nitrogens with zero attached hydrogens (tertiary/aromatic N) is 3. The highest BCUT2D eigenvalue weighted by Gasteiger charge is 2.38. The molecule has 1 fully saturated rings. The summed E-state index contributed by atoms with van der Waals surface area (Å²) in [6.07, 6.45) is 3.72. The van der Waals surface area contributed by atoms with E-state index >= 15 is 0 Å². The summed E-state index contributed by atoms with van der Waals surface area (Å²) in [7, 11) is 3.54. The summed E-state index contributed by atoms with van der Waals surface area (Å²) in [6, 6.07) is 7.61. The van der Waals surface area contributed by atoms with Crippen molar-refractivity contribution in [2.75, 3.05) is 20.2 Å². The molecule has 31 heavy (non-hydrogen) atoms. The van der Waals surface area contributed by atoms with E-state index in [0.717, 1.165) is 39.5 Å². The highest BCUT2D eigenvalue weighted by atomic mass is 16.5. The summed E-state index contributed by atoms with van der Waals surface area (Å²) in [5, 5.41) is 13.2. The molecule has 2 aromatic heterocycles. The third-order valence-electron chi connectivity index (χ3n) is 6.37. The molecule has 160 valence electrons. The Morgan fingerprint density at radius 3 is 2.84 bits per heavy atom. The van der Waals surface area contributed by atoms with E-state index in [-0.39, 0.29) is 0 Å². The van der Waals surface area contributed by atoms with Crippen molar-refractivity contribution in [2.45, 2.75) is 24.8 Å². The second-order valence-electron chi connectivity index (χ2n) is 8.46. The van der Waals surface area contributed by atoms with Crippen LogP contribution in [0.15, 0.2) is 30.5 Å².